The van der Waals surface area contributed by atoms with E-state index in [4.69, 9.17) is 0 Å². The lowest BCUT2D eigenvalue weighted by molar-refractivity contribution is 0.0994. The minimum atomic E-state index is -0.151. The van der Waals surface area contributed by atoms with E-state index in [1.807, 2.05) is 72.8 Å². The van der Waals surface area contributed by atoms with Crippen molar-refractivity contribution in [2.75, 3.05) is 4.90 Å². The van der Waals surface area contributed by atoms with Gasteiger partial charge in [0, 0.05) is 17.6 Å². The zero-order chi connectivity index (χ0) is 17.1. The van der Waals surface area contributed by atoms with Gasteiger partial charge in [-0.15, -0.1) is 0 Å². The van der Waals surface area contributed by atoms with Gasteiger partial charge in [0.1, 0.15) is 5.69 Å². The minimum Gasteiger partial charge on any atom is -0.276 e. The van der Waals surface area contributed by atoms with Gasteiger partial charge in [0.05, 0.1) is 0 Å². The van der Waals surface area contributed by atoms with E-state index >= 15 is 0 Å². The van der Waals surface area contributed by atoms with Crippen LogP contribution in [-0.4, -0.2) is 10.9 Å². The van der Waals surface area contributed by atoms with Crippen molar-refractivity contribution >= 4 is 28.1 Å². The lowest BCUT2D eigenvalue weighted by Gasteiger charge is -2.23. The van der Waals surface area contributed by atoms with Gasteiger partial charge in [-0.2, -0.15) is 0 Å². The molecule has 0 aliphatic rings. The van der Waals surface area contributed by atoms with Crippen LogP contribution in [0.5, 0.6) is 0 Å². The van der Waals surface area contributed by atoms with Gasteiger partial charge in [-0.05, 0) is 47.2 Å². The highest BCUT2D eigenvalue weighted by Gasteiger charge is 2.20. The van der Waals surface area contributed by atoms with Crippen molar-refractivity contribution in [1.29, 1.82) is 0 Å². The maximum Gasteiger partial charge on any atom is 0.281 e. The summed E-state index contributed by atoms with van der Waals surface area (Å²) in [7, 11) is 0. The molecule has 0 atom stereocenters. The highest BCUT2D eigenvalue weighted by Crippen LogP contribution is 2.29. The quantitative estimate of drug-likeness (QED) is 0.518. The lowest BCUT2D eigenvalue weighted by Crippen LogP contribution is -2.26. The molecule has 0 spiro atoms. The Morgan fingerprint density at radius 2 is 1.40 bits per heavy atom. The van der Waals surface area contributed by atoms with Crippen molar-refractivity contribution in [3.8, 4) is 0 Å². The molecule has 3 nitrogen and oxygen atoms in total. The van der Waals surface area contributed by atoms with E-state index in [1.54, 1.807) is 23.2 Å². The first kappa shape index (κ1) is 15.1. The molecule has 0 unspecified atom stereocenters. The lowest BCUT2D eigenvalue weighted by atomic mass is 10.1. The Labute approximate surface area is 146 Å². The van der Waals surface area contributed by atoms with Crippen LogP contribution in [0.2, 0.25) is 0 Å². The number of hydrogen-bond donors (Lipinski definition) is 0. The highest BCUT2D eigenvalue weighted by molar-refractivity contribution is 6.10. The zero-order valence-electron chi connectivity index (χ0n) is 13.5. The summed E-state index contributed by atoms with van der Waals surface area (Å²) in [5, 5.41) is 2.24. The Kier molecular flexibility index (Phi) is 3.97. The van der Waals surface area contributed by atoms with Crippen molar-refractivity contribution in [3.05, 3.63) is 103 Å². The molecule has 0 saturated carbocycles. The number of amides is 1. The van der Waals surface area contributed by atoms with Gasteiger partial charge in [-0.25, -0.2) is 0 Å². The van der Waals surface area contributed by atoms with E-state index in [0.717, 1.165) is 22.1 Å². The van der Waals surface area contributed by atoms with Crippen molar-refractivity contribution in [3.63, 3.8) is 0 Å². The van der Waals surface area contributed by atoms with Crippen LogP contribution < -0.4 is 4.90 Å². The third-order valence-corrected chi connectivity index (χ3v) is 4.09. The molecule has 1 amide bonds. The van der Waals surface area contributed by atoms with Gasteiger partial charge in [0.25, 0.3) is 5.91 Å². The molecule has 0 N–H and O–H groups in total. The molecule has 0 radical (unpaired) electrons. The Morgan fingerprint density at radius 1 is 0.680 bits per heavy atom. The molecule has 3 aromatic carbocycles. The highest BCUT2D eigenvalue weighted by atomic mass is 16.2. The first-order chi connectivity index (χ1) is 12.3. The van der Waals surface area contributed by atoms with Crippen LogP contribution in [0.1, 0.15) is 10.5 Å². The average molecular weight is 324 g/mol. The summed E-state index contributed by atoms with van der Waals surface area (Å²) in [5.41, 5.74) is 2.05. The normalized spacial score (nSPS) is 10.6. The number of fused-ring (bicyclic) bond motifs is 1. The molecule has 120 valence electrons. The third-order valence-electron chi connectivity index (χ3n) is 4.09. The average Bonchev–Trinajstić information content (AvgIpc) is 2.69. The second kappa shape index (κ2) is 6.57. The number of nitrogens with zero attached hydrogens (tertiary/aromatic N) is 2. The Morgan fingerprint density at radius 3 is 2.16 bits per heavy atom. The van der Waals surface area contributed by atoms with Crippen molar-refractivity contribution in [1.82, 2.24) is 4.98 Å². The number of benzene rings is 3. The molecule has 0 aliphatic heterocycles. The van der Waals surface area contributed by atoms with E-state index in [9.17, 15) is 4.79 Å². The summed E-state index contributed by atoms with van der Waals surface area (Å²) >= 11 is 0. The van der Waals surface area contributed by atoms with Crippen LogP contribution >= 0.6 is 0 Å². The molecule has 4 aromatic rings. The molecule has 3 heteroatoms. The maximum atomic E-state index is 13.1. The fourth-order valence-corrected chi connectivity index (χ4v) is 2.88. The molecule has 1 heterocycles. The monoisotopic (exact) mass is 324 g/mol. The number of hydrogen-bond acceptors (Lipinski definition) is 2. The number of aromatic nitrogens is 1. The number of carbonyl (C=O) groups excluding carboxylic acids is 1. The van der Waals surface area contributed by atoms with Gasteiger partial charge in [0.15, 0.2) is 0 Å². The van der Waals surface area contributed by atoms with Crippen LogP contribution in [0.25, 0.3) is 10.8 Å². The van der Waals surface area contributed by atoms with Gasteiger partial charge in [0.2, 0.25) is 0 Å². The summed E-state index contributed by atoms with van der Waals surface area (Å²) in [6.07, 6.45) is 1.64. The van der Waals surface area contributed by atoms with Crippen LogP contribution in [0.3, 0.4) is 0 Å². The first-order valence-corrected chi connectivity index (χ1v) is 8.12. The molecule has 0 bridgehead atoms. The van der Waals surface area contributed by atoms with E-state index in [-0.39, 0.29) is 5.91 Å². The van der Waals surface area contributed by atoms with Gasteiger partial charge < -0.3 is 0 Å². The fraction of sp³-hybridized carbons (Fsp3) is 0. The van der Waals surface area contributed by atoms with Gasteiger partial charge in [-0.1, -0.05) is 54.6 Å². The van der Waals surface area contributed by atoms with E-state index in [0.29, 0.717) is 5.69 Å². The standard InChI is InChI=1S/C22H16N2O/c25-22(21-12-6-7-15-23-21)24(19-10-2-1-3-11-19)20-14-13-17-8-4-5-9-18(17)16-20/h1-16H. The van der Waals surface area contributed by atoms with Crippen LogP contribution in [-0.2, 0) is 0 Å². The molecule has 1 aromatic heterocycles. The molecule has 0 fully saturated rings. The largest absolute Gasteiger partial charge is 0.281 e. The summed E-state index contributed by atoms with van der Waals surface area (Å²) in [4.78, 5) is 19.1. The predicted octanol–water partition coefficient (Wildman–Crippen LogP) is 5.21. The second-order valence-corrected chi connectivity index (χ2v) is 5.72. The number of para-hydroxylation sites is 1. The summed E-state index contributed by atoms with van der Waals surface area (Å²) < 4.78 is 0. The van der Waals surface area contributed by atoms with Gasteiger partial charge in [-0.3, -0.25) is 14.7 Å². The summed E-state index contributed by atoms with van der Waals surface area (Å²) in [6.45, 7) is 0. The summed E-state index contributed by atoms with van der Waals surface area (Å²) in [6, 6.07) is 29.2. The first-order valence-electron chi connectivity index (χ1n) is 8.12. The van der Waals surface area contributed by atoms with Crippen molar-refractivity contribution in [2.24, 2.45) is 0 Å². The molecule has 25 heavy (non-hydrogen) atoms. The van der Waals surface area contributed by atoms with Crippen molar-refractivity contribution < 1.29 is 4.79 Å². The third kappa shape index (κ3) is 3.00. The van der Waals surface area contributed by atoms with Crippen LogP contribution in [0, 0.1) is 0 Å². The van der Waals surface area contributed by atoms with Crippen molar-refractivity contribution in [2.45, 2.75) is 0 Å². The second-order valence-electron chi connectivity index (χ2n) is 5.72. The molecular weight excluding hydrogens is 308 g/mol. The zero-order valence-corrected chi connectivity index (χ0v) is 13.5. The number of rotatable bonds is 3. The van der Waals surface area contributed by atoms with Gasteiger partial charge >= 0.3 is 0 Å². The molecular formula is C22H16N2O. The van der Waals surface area contributed by atoms with E-state index in [1.165, 1.54) is 0 Å². The molecule has 4 rings (SSSR count). The van der Waals surface area contributed by atoms with E-state index in [2.05, 4.69) is 11.1 Å². The maximum absolute atomic E-state index is 13.1. The van der Waals surface area contributed by atoms with Crippen LogP contribution in [0.15, 0.2) is 97.2 Å². The van der Waals surface area contributed by atoms with E-state index < -0.39 is 0 Å². The number of pyridine rings is 1. The SMILES string of the molecule is O=C(c1ccccn1)N(c1ccccc1)c1ccc2ccccc2c1. The number of anilines is 2. The topological polar surface area (TPSA) is 33.2 Å². The molecule has 0 aliphatic carbocycles. The number of carbonyl (C=O) groups is 1. The fourth-order valence-electron chi connectivity index (χ4n) is 2.88. The smallest absolute Gasteiger partial charge is 0.276 e. The Bertz CT molecular complexity index is 1010. The Hall–Kier alpha value is -3.46. The van der Waals surface area contributed by atoms with Crippen LogP contribution in [0.4, 0.5) is 11.4 Å². The summed E-state index contributed by atoms with van der Waals surface area (Å²) in [5.74, 6) is -0.151. The molecule has 0 saturated heterocycles. The Balaban J connectivity index is 1.86. The predicted molar refractivity (Wildman–Crippen MR) is 101 cm³/mol. The minimum absolute atomic E-state index is 0.151.